The second-order valence-corrected chi connectivity index (χ2v) is 10.2. The number of hydrogen-bond donors (Lipinski definition) is 2. The lowest BCUT2D eigenvalue weighted by Crippen LogP contribution is -2.62. The smallest absolute Gasteiger partial charge is 0.169 e. The zero-order valence-electron chi connectivity index (χ0n) is 18.0. The van der Waals surface area contributed by atoms with E-state index in [4.69, 9.17) is 23.8 Å². The summed E-state index contributed by atoms with van der Waals surface area (Å²) in [6.07, 6.45) is 5.42. The van der Waals surface area contributed by atoms with Crippen molar-refractivity contribution in [2.24, 2.45) is 0 Å². The summed E-state index contributed by atoms with van der Waals surface area (Å²) in [5, 5.41) is 8.22. The molecule has 2 heterocycles. The Labute approximate surface area is 189 Å². The van der Waals surface area contributed by atoms with Crippen LogP contribution in [-0.4, -0.2) is 32.1 Å². The summed E-state index contributed by atoms with van der Waals surface area (Å²) in [6.45, 7) is 9.62. The Morgan fingerprint density at radius 3 is 2.50 bits per heavy atom. The van der Waals surface area contributed by atoms with Gasteiger partial charge in [0.1, 0.15) is 5.82 Å². The summed E-state index contributed by atoms with van der Waals surface area (Å²) >= 11 is 12.1. The Balaban J connectivity index is 1.81. The number of halogens is 2. The Kier molecular flexibility index (Phi) is 7.00. The zero-order chi connectivity index (χ0) is 21.9. The highest BCUT2D eigenvalue weighted by atomic mass is 35.5. The average Bonchev–Trinajstić information content (AvgIpc) is 2.62. The maximum Gasteiger partial charge on any atom is 0.169 e. The molecule has 0 bridgehead atoms. The van der Waals surface area contributed by atoms with Crippen molar-refractivity contribution >= 4 is 28.9 Å². The van der Waals surface area contributed by atoms with E-state index in [2.05, 4.69) is 43.3 Å². The van der Waals surface area contributed by atoms with Gasteiger partial charge in [0.25, 0.3) is 0 Å². The molecule has 0 radical (unpaired) electrons. The quantitative estimate of drug-likeness (QED) is 0.625. The summed E-state index contributed by atoms with van der Waals surface area (Å²) < 4.78 is 14.5. The molecule has 0 saturated carbocycles. The Bertz CT molecular complexity index is 852. The number of nitrogens with one attached hydrogen (secondary N) is 2. The van der Waals surface area contributed by atoms with Gasteiger partial charge in [-0.3, -0.25) is 4.98 Å². The second-order valence-electron chi connectivity index (χ2n) is 9.36. The van der Waals surface area contributed by atoms with Crippen LogP contribution < -0.4 is 10.6 Å². The molecular weight excluding hydrogens is 419 g/mol. The Morgan fingerprint density at radius 1 is 1.20 bits per heavy atom. The van der Waals surface area contributed by atoms with E-state index >= 15 is 0 Å². The number of aromatic nitrogens is 1. The molecule has 1 saturated heterocycles. The van der Waals surface area contributed by atoms with E-state index in [0.717, 1.165) is 18.4 Å². The van der Waals surface area contributed by atoms with Crippen molar-refractivity contribution in [3.63, 3.8) is 0 Å². The van der Waals surface area contributed by atoms with Crippen LogP contribution in [0.15, 0.2) is 42.7 Å². The summed E-state index contributed by atoms with van der Waals surface area (Å²) in [4.78, 5) is 6.15. The van der Waals surface area contributed by atoms with Gasteiger partial charge in [0.05, 0.1) is 0 Å². The van der Waals surface area contributed by atoms with Crippen LogP contribution in [-0.2, 0) is 13.1 Å². The van der Waals surface area contributed by atoms with E-state index in [0.29, 0.717) is 22.2 Å². The van der Waals surface area contributed by atoms with E-state index in [1.54, 1.807) is 24.5 Å². The molecule has 2 N–H and O–H groups in total. The van der Waals surface area contributed by atoms with Gasteiger partial charge in [-0.2, -0.15) is 0 Å². The average molecular weight is 449 g/mol. The number of benzene rings is 1. The van der Waals surface area contributed by atoms with Crippen LogP contribution in [0.3, 0.4) is 0 Å². The number of thiocarbonyl (C=S) groups is 1. The maximum atomic E-state index is 14.5. The summed E-state index contributed by atoms with van der Waals surface area (Å²) in [5.41, 5.74) is 1.44. The van der Waals surface area contributed by atoms with Gasteiger partial charge in [-0.1, -0.05) is 23.7 Å². The standard InChI is InChI=1S/C23H30ClFN4S/c1-22(2)11-17(12-23(3,4)28-22)27-21(30)29(14-16-7-6-10-26-13-16)15-18-19(24)8-5-9-20(18)25/h5-10,13,17,28H,11-12,14-15H2,1-4H3,(H,27,30). The molecule has 0 atom stereocenters. The molecule has 7 heteroatoms. The van der Waals surface area contributed by atoms with Crippen molar-refractivity contribution in [1.29, 1.82) is 0 Å². The fraction of sp³-hybridized carbons (Fsp3) is 0.478. The number of rotatable bonds is 5. The Hall–Kier alpha value is -1.76. The van der Waals surface area contributed by atoms with E-state index in [1.165, 1.54) is 6.07 Å². The van der Waals surface area contributed by atoms with Gasteiger partial charge in [0, 0.05) is 53.2 Å². The summed E-state index contributed by atoms with van der Waals surface area (Å²) in [5.74, 6) is -0.328. The van der Waals surface area contributed by atoms with E-state index in [9.17, 15) is 4.39 Å². The molecule has 3 rings (SSSR count). The highest BCUT2D eigenvalue weighted by Gasteiger charge is 2.38. The monoisotopic (exact) mass is 448 g/mol. The molecule has 2 aromatic rings. The second kappa shape index (κ2) is 9.16. The van der Waals surface area contributed by atoms with Crippen molar-refractivity contribution in [3.05, 3.63) is 64.7 Å². The summed E-state index contributed by atoms with van der Waals surface area (Å²) in [6, 6.07) is 8.84. The van der Waals surface area contributed by atoms with Crippen LogP contribution >= 0.6 is 23.8 Å². The molecule has 0 spiro atoms. The molecule has 162 valence electrons. The van der Waals surface area contributed by atoms with Gasteiger partial charge in [-0.05, 0) is 76.5 Å². The van der Waals surface area contributed by atoms with E-state index in [-0.39, 0.29) is 29.5 Å². The normalized spacial score (nSPS) is 18.1. The predicted octanol–water partition coefficient (Wildman–Crippen LogP) is 5.06. The first kappa shape index (κ1) is 22.9. The Morgan fingerprint density at radius 2 is 1.90 bits per heavy atom. The first-order valence-electron chi connectivity index (χ1n) is 10.2. The molecule has 1 aromatic heterocycles. The van der Waals surface area contributed by atoms with Gasteiger partial charge < -0.3 is 15.5 Å². The first-order chi connectivity index (χ1) is 14.0. The third-order valence-corrected chi connectivity index (χ3v) is 6.04. The zero-order valence-corrected chi connectivity index (χ0v) is 19.6. The number of hydrogen-bond acceptors (Lipinski definition) is 3. The fourth-order valence-electron chi connectivity index (χ4n) is 4.48. The lowest BCUT2D eigenvalue weighted by atomic mass is 9.80. The van der Waals surface area contributed by atoms with Crippen molar-refractivity contribution in [2.75, 3.05) is 0 Å². The lowest BCUT2D eigenvalue weighted by molar-refractivity contribution is 0.153. The van der Waals surface area contributed by atoms with Gasteiger partial charge in [0.15, 0.2) is 5.11 Å². The van der Waals surface area contributed by atoms with Crippen LogP contribution in [0.5, 0.6) is 0 Å². The van der Waals surface area contributed by atoms with Crippen LogP contribution in [0.2, 0.25) is 5.02 Å². The molecular formula is C23H30ClFN4S. The molecule has 1 aromatic carbocycles. The van der Waals surface area contributed by atoms with Crippen LogP contribution in [0.1, 0.15) is 51.7 Å². The topological polar surface area (TPSA) is 40.2 Å². The number of pyridine rings is 1. The van der Waals surface area contributed by atoms with Crippen LogP contribution in [0.4, 0.5) is 4.39 Å². The van der Waals surface area contributed by atoms with Crippen LogP contribution in [0, 0.1) is 5.82 Å². The van der Waals surface area contributed by atoms with Gasteiger partial charge in [-0.25, -0.2) is 4.39 Å². The molecule has 0 amide bonds. The number of piperidine rings is 1. The summed E-state index contributed by atoms with van der Waals surface area (Å²) in [7, 11) is 0. The fourth-order valence-corrected chi connectivity index (χ4v) is 4.99. The predicted molar refractivity (Wildman–Crippen MR) is 125 cm³/mol. The van der Waals surface area contributed by atoms with Crippen molar-refractivity contribution < 1.29 is 4.39 Å². The van der Waals surface area contributed by atoms with Crippen molar-refractivity contribution in [3.8, 4) is 0 Å². The molecule has 1 fully saturated rings. The van der Waals surface area contributed by atoms with E-state index in [1.807, 2.05) is 17.0 Å². The van der Waals surface area contributed by atoms with Crippen molar-refractivity contribution in [1.82, 2.24) is 20.5 Å². The minimum atomic E-state index is -0.328. The van der Waals surface area contributed by atoms with Gasteiger partial charge in [-0.15, -0.1) is 0 Å². The molecule has 1 aliphatic heterocycles. The molecule has 30 heavy (non-hydrogen) atoms. The molecule has 0 unspecified atom stereocenters. The van der Waals surface area contributed by atoms with E-state index < -0.39 is 0 Å². The molecule has 4 nitrogen and oxygen atoms in total. The van der Waals surface area contributed by atoms with Gasteiger partial charge >= 0.3 is 0 Å². The third kappa shape index (κ3) is 6.13. The van der Waals surface area contributed by atoms with Gasteiger partial charge in [0.2, 0.25) is 0 Å². The minimum Gasteiger partial charge on any atom is -0.360 e. The van der Waals surface area contributed by atoms with Crippen molar-refractivity contribution in [2.45, 2.75) is 70.7 Å². The molecule has 1 aliphatic rings. The largest absolute Gasteiger partial charge is 0.360 e. The molecule has 0 aliphatic carbocycles. The van der Waals surface area contributed by atoms with Crippen LogP contribution in [0.25, 0.3) is 0 Å². The number of nitrogens with zero attached hydrogens (tertiary/aromatic N) is 2. The highest BCUT2D eigenvalue weighted by molar-refractivity contribution is 7.80. The lowest BCUT2D eigenvalue weighted by Gasteiger charge is -2.47. The first-order valence-corrected chi connectivity index (χ1v) is 11.0. The SMILES string of the molecule is CC1(C)CC(NC(=S)N(Cc2cccnc2)Cc2c(F)cccc2Cl)CC(C)(C)N1. The third-order valence-electron chi connectivity index (χ3n) is 5.31. The minimum absolute atomic E-state index is 0.00193. The maximum absolute atomic E-state index is 14.5. The highest BCUT2D eigenvalue weighted by Crippen LogP contribution is 2.29.